The van der Waals surface area contributed by atoms with Crippen molar-refractivity contribution in [3.05, 3.63) is 18.2 Å². The van der Waals surface area contributed by atoms with E-state index in [0.717, 1.165) is 26.2 Å². The molecule has 0 aliphatic rings. The van der Waals surface area contributed by atoms with Crippen LogP contribution in [0.3, 0.4) is 0 Å². The highest BCUT2D eigenvalue weighted by Gasteiger charge is 2.05. The summed E-state index contributed by atoms with van der Waals surface area (Å²) in [6.45, 7) is 8.49. The summed E-state index contributed by atoms with van der Waals surface area (Å²) in [6.07, 6.45) is 3.94. The van der Waals surface area contributed by atoms with E-state index in [4.69, 9.17) is 0 Å². The van der Waals surface area contributed by atoms with E-state index >= 15 is 0 Å². The minimum atomic E-state index is 0.497. The molecule has 0 fully saturated rings. The fourth-order valence-corrected chi connectivity index (χ4v) is 1.64. The van der Waals surface area contributed by atoms with Gasteiger partial charge in [0.25, 0.3) is 0 Å². The molecule has 0 atom stereocenters. The van der Waals surface area contributed by atoms with E-state index in [0.29, 0.717) is 5.92 Å². The van der Waals surface area contributed by atoms with Crippen LogP contribution in [0.25, 0.3) is 0 Å². The topological polar surface area (TPSA) is 33.1 Å². The van der Waals surface area contributed by atoms with Crippen LogP contribution in [0.2, 0.25) is 0 Å². The standard InChI is InChI=1S/C12H24N4/c1-11(2)12-14-7-10-16(12)9-6-13-5-8-15(3)4/h7,10-11,13H,5-6,8-9H2,1-4H3. The summed E-state index contributed by atoms with van der Waals surface area (Å²) < 4.78 is 2.23. The Labute approximate surface area is 98.7 Å². The summed E-state index contributed by atoms with van der Waals surface area (Å²) in [5.74, 6) is 1.67. The summed E-state index contributed by atoms with van der Waals surface area (Å²) >= 11 is 0. The first-order chi connectivity index (χ1) is 7.61. The second-order valence-corrected chi connectivity index (χ2v) is 4.69. The third-order valence-corrected chi connectivity index (χ3v) is 2.53. The molecule has 0 unspecified atom stereocenters. The molecule has 4 nitrogen and oxygen atoms in total. The average molecular weight is 224 g/mol. The first-order valence-corrected chi connectivity index (χ1v) is 5.97. The maximum Gasteiger partial charge on any atom is 0.111 e. The normalized spacial score (nSPS) is 11.6. The minimum Gasteiger partial charge on any atom is -0.333 e. The SMILES string of the molecule is CC(C)c1nccn1CCNCCN(C)C. The van der Waals surface area contributed by atoms with Crippen LogP contribution in [0.1, 0.15) is 25.6 Å². The van der Waals surface area contributed by atoms with E-state index < -0.39 is 0 Å². The molecule has 1 aromatic heterocycles. The molecule has 0 saturated heterocycles. The van der Waals surface area contributed by atoms with Gasteiger partial charge in [0, 0.05) is 44.5 Å². The Morgan fingerprint density at radius 2 is 2.12 bits per heavy atom. The van der Waals surface area contributed by atoms with E-state index in [-0.39, 0.29) is 0 Å². The quantitative estimate of drug-likeness (QED) is 0.706. The second kappa shape index (κ2) is 6.66. The van der Waals surface area contributed by atoms with Crippen molar-refractivity contribution in [2.45, 2.75) is 26.3 Å². The van der Waals surface area contributed by atoms with Gasteiger partial charge in [-0.1, -0.05) is 13.8 Å². The van der Waals surface area contributed by atoms with Crippen molar-refractivity contribution < 1.29 is 0 Å². The predicted octanol–water partition coefficient (Wildman–Crippen LogP) is 1.16. The molecule has 1 rings (SSSR count). The van der Waals surface area contributed by atoms with Gasteiger partial charge in [0.05, 0.1) is 0 Å². The average Bonchev–Trinajstić information content (AvgIpc) is 2.65. The Morgan fingerprint density at radius 3 is 2.75 bits per heavy atom. The zero-order chi connectivity index (χ0) is 12.0. The van der Waals surface area contributed by atoms with Crippen molar-refractivity contribution in [3.63, 3.8) is 0 Å². The van der Waals surface area contributed by atoms with E-state index in [1.54, 1.807) is 0 Å². The van der Waals surface area contributed by atoms with Gasteiger partial charge in [-0.25, -0.2) is 4.98 Å². The number of hydrogen-bond acceptors (Lipinski definition) is 3. The van der Waals surface area contributed by atoms with Crippen molar-refractivity contribution in [3.8, 4) is 0 Å². The molecular weight excluding hydrogens is 200 g/mol. The highest BCUT2D eigenvalue weighted by molar-refractivity contribution is 4.97. The van der Waals surface area contributed by atoms with Crippen LogP contribution in [0.5, 0.6) is 0 Å². The van der Waals surface area contributed by atoms with Crippen molar-refractivity contribution >= 4 is 0 Å². The van der Waals surface area contributed by atoms with Crippen LogP contribution >= 0.6 is 0 Å². The van der Waals surface area contributed by atoms with Gasteiger partial charge in [0.15, 0.2) is 0 Å². The second-order valence-electron chi connectivity index (χ2n) is 4.69. The van der Waals surface area contributed by atoms with E-state index in [2.05, 4.69) is 53.9 Å². The van der Waals surface area contributed by atoms with Gasteiger partial charge in [0.1, 0.15) is 5.82 Å². The van der Waals surface area contributed by atoms with Crippen molar-refractivity contribution in [1.82, 2.24) is 19.8 Å². The molecule has 1 N–H and O–H groups in total. The predicted molar refractivity (Wildman–Crippen MR) is 67.7 cm³/mol. The number of nitrogens with zero attached hydrogens (tertiary/aromatic N) is 3. The molecule has 1 heterocycles. The molecule has 0 bridgehead atoms. The maximum absolute atomic E-state index is 4.37. The Morgan fingerprint density at radius 1 is 1.38 bits per heavy atom. The van der Waals surface area contributed by atoms with E-state index in [1.165, 1.54) is 5.82 Å². The fraction of sp³-hybridized carbons (Fsp3) is 0.750. The van der Waals surface area contributed by atoms with E-state index in [1.807, 2.05) is 6.20 Å². The molecule has 0 aliphatic heterocycles. The van der Waals surface area contributed by atoms with Gasteiger partial charge in [-0.2, -0.15) is 0 Å². The number of aromatic nitrogens is 2. The maximum atomic E-state index is 4.37. The lowest BCUT2D eigenvalue weighted by molar-refractivity contribution is 0.397. The largest absolute Gasteiger partial charge is 0.333 e. The third kappa shape index (κ3) is 4.33. The lowest BCUT2D eigenvalue weighted by Gasteiger charge is -2.12. The lowest BCUT2D eigenvalue weighted by atomic mass is 10.2. The van der Waals surface area contributed by atoms with Crippen molar-refractivity contribution in [2.24, 2.45) is 0 Å². The first kappa shape index (κ1) is 13.2. The minimum absolute atomic E-state index is 0.497. The first-order valence-electron chi connectivity index (χ1n) is 5.97. The van der Waals surface area contributed by atoms with Gasteiger partial charge >= 0.3 is 0 Å². The molecular formula is C12H24N4. The Hall–Kier alpha value is -0.870. The zero-order valence-electron chi connectivity index (χ0n) is 10.9. The zero-order valence-corrected chi connectivity index (χ0v) is 10.9. The molecule has 92 valence electrons. The van der Waals surface area contributed by atoms with Gasteiger partial charge < -0.3 is 14.8 Å². The molecule has 0 aliphatic carbocycles. The van der Waals surface area contributed by atoms with Crippen LogP contribution in [0, 0.1) is 0 Å². The van der Waals surface area contributed by atoms with Gasteiger partial charge in [-0.3, -0.25) is 0 Å². The molecule has 1 aromatic rings. The highest BCUT2D eigenvalue weighted by atomic mass is 15.1. The van der Waals surface area contributed by atoms with Crippen LogP contribution in [0.4, 0.5) is 0 Å². The van der Waals surface area contributed by atoms with Crippen LogP contribution in [-0.4, -0.2) is 48.2 Å². The van der Waals surface area contributed by atoms with Gasteiger partial charge in [0.2, 0.25) is 0 Å². The van der Waals surface area contributed by atoms with Crippen LogP contribution in [-0.2, 0) is 6.54 Å². The molecule has 0 amide bonds. The highest BCUT2D eigenvalue weighted by Crippen LogP contribution is 2.10. The Kier molecular flexibility index (Phi) is 5.49. The number of hydrogen-bond donors (Lipinski definition) is 1. The fourth-order valence-electron chi connectivity index (χ4n) is 1.64. The van der Waals surface area contributed by atoms with Crippen LogP contribution in [0.15, 0.2) is 12.4 Å². The van der Waals surface area contributed by atoms with E-state index in [9.17, 15) is 0 Å². The number of imidazole rings is 1. The van der Waals surface area contributed by atoms with Crippen molar-refractivity contribution in [1.29, 1.82) is 0 Å². The molecule has 0 aromatic carbocycles. The van der Waals surface area contributed by atoms with Crippen molar-refractivity contribution in [2.75, 3.05) is 33.7 Å². The molecule has 4 heteroatoms. The Balaban J connectivity index is 2.24. The smallest absolute Gasteiger partial charge is 0.111 e. The number of likely N-dealkylation sites (N-methyl/N-ethyl adjacent to an activating group) is 1. The number of nitrogens with one attached hydrogen (secondary N) is 1. The summed E-state index contributed by atoms with van der Waals surface area (Å²) in [6, 6.07) is 0. The third-order valence-electron chi connectivity index (χ3n) is 2.53. The monoisotopic (exact) mass is 224 g/mol. The number of rotatable bonds is 7. The Bertz CT molecular complexity index is 291. The van der Waals surface area contributed by atoms with Gasteiger partial charge in [-0.05, 0) is 14.1 Å². The summed E-state index contributed by atoms with van der Waals surface area (Å²) in [5.41, 5.74) is 0. The van der Waals surface area contributed by atoms with Crippen LogP contribution < -0.4 is 5.32 Å². The lowest BCUT2D eigenvalue weighted by Crippen LogP contribution is -2.29. The summed E-state index contributed by atoms with van der Waals surface area (Å²) in [7, 11) is 4.18. The summed E-state index contributed by atoms with van der Waals surface area (Å²) in [4.78, 5) is 6.55. The molecule has 0 spiro atoms. The molecule has 0 saturated carbocycles. The van der Waals surface area contributed by atoms with Gasteiger partial charge in [-0.15, -0.1) is 0 Å². The summed E-state index contributed by atoms with van der Waals surface area (Å²) in [5, 5.41) is 3.43. The molecule has 0 radical (unpaired) electrons. The molecule has 16 heavy (non-hydrogen) atoms.